The van der Waals surface area contributed by atoms with Gasteiger partial charge in [-0.25, -0.2) is 4.98 Å². The SMILES string of the molecule is ClCc1nc2ccccc2n1Cc1cccnn1. The molecule has 18 heavy (non-hydrogen) atoms. The van der Waals surface area contributed by atoms with Gasteiger partial charge in [-0.05, 0) is 24.3 Å². The molecule has 0 fully saturated rings. The van der Waals surface area contributed by atoms with Crippen LogP contribution in [0.5, 0.6) is 0 Å². The van der Waals surface area contributed by atoms with E-state index in [1.54, 1.807) is 6.20 Å². The van der Waals surface area contributed by atoms with Crippen LogP contribution in [0.1, 0.15) is 11.5 Å². The van der Waals surface area contributed by atoms with Crippen LogP contribution in [0.4, 0.5) is 0 Å². The van der Waals surface area contributed by atoms with Crippen LogP contribution in [0, 0.1) is 0 Å². The van der Waals surface area contributed by atoms with Crippen LogP contribution in [0.2, 0.25) is 0 Å². The molecule has 0 aliphatic rings. The fourth-order valence-electron chi connectivity index (χ4n) is 1.98. The third-order valence-electron chi connectivity index (χ3n) is 2.80. The standard InChI is InChI=1S/C13H11ClN4/c14-8-13-16-11-5-1-2-6-12(11)18(13)9-10-4-3-7-15-17-10/h1-7H,8-9H2. The zero-order chi connectivity index (χ0) is 12.4. The zero-order valence-corrected chi connectivity index (χ0v) is 10.4. The van der Waals surface area contributed by atoms with E-state index < -0.39 is 0 Å². The summed E-state index contributed by atoms with van der Waals surface area (Å²) in [5.74, 6) is 1.23. The van der Waals surface area contributed by atoms with Crippen molar-refractivity contribution in [2.24, 2.45) is 0 Å². The number of rotatable bonds is 3. The van der Waals surface area contributed by atoms with Gasteiger partial charge >= 0.3 is 0 Å². The van der Waals surface area contributed by atoms with E-state index in [0.29, 0.717) is 12.4 Å². The highest BCUT2D eigenvalue weighted by atomic mass is 35.5. The Labute approximate surface area is 109 Å². The molecule has 0 N–H and O–H groups in total. The van der Waals surface area contributed by atoms with Crippen LogP contribution in [0.25, 0.3) is 11.0 Å². The molecule has 5 heteroatoms. The number of hydrogen-bond donors (Lipinski definition) is 0. The first-order chi connectivity index (χ1) is 8.88. The molecular weight excluding hydrogens is 248 g/mol. The molecule has 90 valence electrons. The number of alkyl halides is 1. The van der Waals surface area contributed by atoms with Gasteiger partial charge in [-0.15, -0.1) is 11.6 Å². The average molecular weight is 259 g/mol. The fraction of sp³-hybridized carbons (Fsp3) is 0.154. The number of hydrogen-bond acceptors (Lipinski definition) is 3. The lowest BCUT2D eigenvalue weighted by Crippen LogP contribution is -2.05. The first kappa shape index (κ1) is 11.2. The molecule has 2 aromatic heterocycles. The highest BCUT2D eigenvalue weighted by molar-refractivity contribution is 6.16. The van der Waals surface area contributed by atoms with Gasteiger partial charge in [0.25, 0.3) is 0 Å². The minimum atomic E-state index is 0.384. The summed E-state index contributed by atoms with van der Waals surface area (Å²) >= 11 is 5.95. The predicted octanol–water partition coefficient (Wildman–Crippen LogP) is 2.61. The summed E-state index contributed by atoms with van der Waals surface area (Å²) in [4.78, 5) is 4.51. The lowest BCUT2D eigenvalue weighted by Gasteiger charge is -2.06. The third-order valence-corrected chi connectivity index (χ3v) is 3.04. The van der Waals surface area contributed by atoms with Crippen molar-refractivity contribution >= 4 is 22.6 Å². The summed E-state index contributed by atoms with van der Waals surface area (Å²) in [6.07, 6.45) is 1.66. The maximum absolute atomic E-state index is 5.95. The normalized spacial score (nSPS) is 10.9. The Balaban J connectivity index is 2.10. The van der Waals surface area contributed by atoms with Gasteiger partial charge in [-0.2, -0.15) is 10.2 Å². The summed E-state index contributed by atoms with van der Waals surface area (Å²) in [5.41, 5.74) is 2.92. The van der Waals surface area contributed by atoms with Crippen LogP contribution < -0.4 is 0 Å². The molecule has 0 amide bonds. The molecule has 0 spiro atoms. The largest absolute Gasteiger partial charge is 0.321 e. The first-order valence-corrected chi connectivity index (χ1v) is 6.18. The van der Waals surface area contributed by atoms with Crippen molar-refractivity contribution in [1.82, 2.24) is 19.7 Å². The second kappa shape index (κ2) is 4.74. The van der Waals surface area contributed by atoms with Crippen LogP contribution in [0.15, 0.2) is 42.6 Å². The van der Waals surface area contributed by atoms with E-state index in [0.717, 1.165) is 22.6 Å². The van der Waals surface area contributed by atoms with Crippen molar-refractivity contribution in [3.05, 3.63) is 54.1 Å². The average Bonchev–Trinajstić information content (AvgIpc) is 2.78. The van der Waals surface area contributed by atoms with E-state index in [1.165, 1.54) is 0 Å². The minimum Gasteiger partial charge on any atom is -0.321 e. The molecule has 0 saturated heterocycles. The number of nitrogens with zero attached hydrogens (tertiary/aromatic N) is 4. The molecule has 0 aliphatic heterocycles. The summed E-state index contributed by atoms with van der Waals surface area (Å²) in [5, 5.41) is 7.98. The van der Waals surface area contributed by atoms with Gasteiger partial charge in [-0.1, -0.05) is 12.1 Å². The van der Waals surface area contributed by atoms with Crippen molar-refractivity contribution in [1.29, 1.82) is 0 Å². The van der Waals surface area contributed by atoms with E-state index in [4.69, 9.17) is 11.6 Å². The third kappa shape index (κ3) is 1.95. The van der Waals surface area contributed by atoms with E-state index in [9.17, 15) is 0 Å². The zero-order valence-electron chi connectivity index (χ0n) is 9.62. The Morgan fingerprint density at radius 2 is 2.00 bits per heavy atom. The van der Waals surface area contributed by atoms with Crippen LogP contribution in [-0.4, -0.2) is 19.7 Å². The number of benzene rings is 1. The number of halogens is 1. The quantitative estimate of drug-likeness (QED) is 0.679. The van der Waals surface area contributed by atoms with Crippen molar-refractivity contribution in [2.75, 3.05) is 0 Å². The van der Waals surface area contributed by atoms with E-state index in [1.807, 2.05) is 36.4 Å². The van der Waals surface area contributed by atoms with Gasteiger partial charge in [0.2, 0.25) is 0 Å². The molecule has 0 radical (unpaired) electrons. The number of imidazole rings is 1. The van der Waals surface area contributed by atoms with Crippen molar-refractivity contribution in [2.45, 2.75) is 12.4 Å². The molecular formula is C13H11ClN4. The molecule has 0 aliphatic carbocycles. The molecule has 3 aromatic rings. The lowest BCUT2D eigenvalue weighted by molar-refractivity contribution is 0.741. The summed E-state index contributed by atoms with van der Waals surface area (Å²) in [7, 11) is 0. The Bertz CT molecular complexity index is 663. The van der Waals surface area contributed by atoms with Crippen LogP contribution >= 0.6 is 11.6 Å². The Hall–Kier alpha value is -1.94. The Morgan fingerprint density at radius 3 is 2.78 bits per heavy atom. The predicted molar refractivity (Wildman–Crippen MR) is 70.4 cm³/mol. The summed E-state index contributed by atoms with van der Waals surface area (Å²) in [6.45, 7) is 0.635. The molecule has 1 aromatic carbocycles. The van der Waals surface area contributed by atoms with Gasteiger partial charge in [-0.3, -0.25) is 0 Å². The fourth-order valence-corrected chi connectivity index (χ4v) is 2.19. The van der Waals surface area contributed by atoms with E-state index in [-0.39, 0.29) is 0 Å². The number of para-hydroxylation sites is 2. The van der Waals surface area contributed by atoms with Gasteiger partial charge in [0.1, 0.15) is 5.82 Å². The topological polar surface area (TPSA) is 43.6 Å². The Morgan fingerprint density at radius 1 is 1.11 bits per heavy atom. The first-order valence-electron chi connectivity index (χ1n) is 5.65. The lowest BCUT2D eigenvalue weighted by atomic mass is 10.3. The molecule has 0 saturated carbocycles. The van der Waals surface area contributed by atoms with Gasteiger partial charge in [0.05, 0.1) is 29.2 Å². The molecule has 0 bridgehead atoms. The molecule has 0 unspecified atom stereocenters. The van der Waals surface area contributed by atoms with Gasteiger partial charge in [0, 0.05) is 6.20 Å². The Kier molecular flexibility index (Phi) is 2.94. The highest BCUT2D eigenvalue weighted by Gasteiger charge is 2.10. The molecule has 3 rings (SSSR count). The van der Waals surface area contributed by atoms with Crippen molar-refractivity contribution in [3.8, 4) is 0 Å². The number of fused-ring (bicyclic) bond motifs is 1. The summed E-state index contributed by atoms with van der Waals surface area (Å²) in [6, 6.07) is 11.8. The van der Waals surface area contributed by atoms with Gasteiger partial charge in [0.15, 0.2) is 0 Å². The molecule has 2 heterocycles. The maximum Gasteiger partial charge on any atom is 0.125 e. The van der Waals surface area contributed by atoms with Crippen LogP contribution in [-0.2, 0) is 12.4 Å². The molecule has 4 nitrogen and oxygen atoms in total. The van der Waals surface area contributed by atoms with Crippen molar-refractivity contribution < 1.29 is 0 Å². The van der Waals surface area contributed by atoms with E-state index >= 15 is 0 Å². The second-order valence-corrected chi connectivity index (χ2v) is 4.22. The summed E-state index contributed by atoms with van der Waals surface area (Å²) < 4.78 is 2.08. The van der Waals surface area contributed by atoms with E-state index in [2.05, 4.69) is 19.7 Å². The van der Waals surface area contributed by atoms with Crippen molar-refractivity contribution in [3.63, 3.8) is 0 Å². The monoisotopic (exact) mass is 258 g/mol. The minimum absolute atomic E-state index is 0.384. The number of aromatic nitrogens is 4. The molecule has 0 atom stereocenters. The highest BCUT2D eigenvalue weighted by Crippen LogP contribution is 2.18. The maximum atomic E-state index is 5.95. The van der Waals surface area contributed by atoms with Crippen LogP contribution in [0.3, 0.4) is 0 Å². The smallest absolute Gasteiger partial charge is 0.125 e. The second-order valence-electron chi connectivity index (χ2n) is 3.95. The van der Waals surface area contributed by atoms with Gasteiger partial charge < -0.3 is 4.57 Å².